The summed E-state index contributed by atoms with van der Waals surface area (Å²) in [7, 11) is -3.60. The van der Waals surface area contributed by atoms with Gasteiger partial charge in [-0.05, 0) is 55.8 Å². The van der Waals surface area contributed by atoms with Gasteiger partial charge in [0, 0.05) is 31.2 Å². The van der Waals surface area contributed by atoms with Crippen molar-refractivity contribution in [1.29, 1.82) is 0 Å². The highest BCUT2D eigenvalue weighted by molar-refractivity contribution is 7.89. The second-order valence-electron chi connectivity index (χ2n) is 7.32. The molecule has 1 amide bonds. The van der Waals surface area contributed by atoms with Crippen molar-refractivity contribution in [1.82, 2.24) is 9.21 Å². The Kier molecular flexibility index (Phi) is 7.42. The van der Waals surface area contributed by atoms with Crippen LogP contribution in [-0.2, 0) is 21.3 Å². The molecule has 0 radical (unpaired) electrons. The number of amides is 1. The van der Waals surface area contributed by atoms with E-state index in [4.69, 9.17) is 27.9 Å². The SMILES string of the molecule is CC(C)N(Cc1ccc(Cl)c(Cl)c1)C(=O)c1ccc(S(=O)(=O)N2CCOCC2)cc1. The third-order valence-corrected chi connectivity index (χ3v) is 7.58. The smallest absolute Gasteiger partial charge is 0.254 e. The average molecular weight is 471 g/mol. The Balaban J connectivity index is 1.79. The molecule has 1 aliphatic heterocycles. The van der Waals surface area contributed by atoms with E-state index in [2.05, 4.69) is 0 Å². The highest BCUT2D eigenvalue weighted by atomic mass is 35.5. The van der Waals surface area contributed by atoms with E-state index in [0.29, 0.717) is 48.5 Å². The van der Waals surface area contributed by atoms with Gasteiger partial charge in [0.2, 0.25) is 10.0 Å². The summed E-state index contributed by atoms with van der Waals surface area (Å²) < 4.78 is 32.1. The van der Waals surface area contributed by atoms with Gasteiger partial charge in [-0.3, -0.25) is 4.79 Å². The van der Waals surface area contributed by atoms with Gasteiger partial charge in [0.15, 0.2) is 0 Å². The number of sulfonamides is 1. The van der Waals surface area contributed by atoms with E-state index in [1.807, 2.05) is 19.9 Å². The second kappa shape index (κ2) is 9.66. The van der Waals surface area contributed by atoms with E-state index in [0.717, 1.165) is 5.56 Å². The Morgan fingerprint density at radius 3 is 2.27 bits per heavy atom. The van der Waals surface area contributed by atoms with Crippen LogP contribution in [0.2, 0.25) is 10.0 Å². The van der Waals surface area contributed by atoms with Gasteiger partial charge in [-0.2, -0.15) is 4.31 Å². The number of carbonyl (C=O) groups excluding carboxylic acids is 1. The normalized spacial score (nSPS) is 15.4. The maximum absolute atomic E-state index is 13.1. The molecule has 0 aromatic heterocycles. The van der Waals surface area contributed by atoms with Crippen LogP contribution in [0, 0.1) is 0 Å². The highest BCUT2D eigenvalue weighted by Crippen LogP contribution is 2.24. The number of hydrogen-bond donors (Lipinski definition) is 0. The van der Waals surface area contributed by atoms with Crippen molar-refractivity contribution in [2.75, 3.05) is 26.3 Å². The fraction of sp³-hybridized carbons (Fsp3) is 0.381. The zero-order valence-electron chi connectivity index (χ0n) is 16.8. The number of benzene rings is 2. The Morgan fingerprint density at radius 2 is 1.70 bits per heavy atom. The molecule has 1 heterocycles. The fourth-order valence-electron chi connectivity index (χ4n) is 3.19. The summed E-state index contributed by atoms with van der Waals surface area (Å²) in [6.07, 6.45) is 0. The van der Waals surface area contributed by atoms with E-state index in [9.17, 15) is 13.2 Å². The van der Waals surface area contributed by atoms with Crippen LogP contribution in [0.3, 0.4) is 0 Å². The molecule has 3 rings (SSSR count). The summed E-state index contributed by atoms with van der Waals surface area (Å²) in [5.41, 5.74) is 1.28. The van der Waals surface area contributed by atoms with Crippen molar-refractivity contribution in [3.63, 3.8) is 0 Å². The first-order valence-corrected chi connectivity index (χ1v) is 11.8. The van der Waals surface area contributed by atoms with E-state index in [1.54, 1.807) is 29.2 Å². The molecule has 1 aliphatic rings. The first-order chi connectivity index (χ1) is 14.2. The van der Waals surface area contributed by atoms with Crippen molar-refractivity contribution in [2.24, 2.45) is 0 Å². The predicted molar refractivity (Wildman–Crippen MR) is 117 cm³/mol. The van der Waals surface area contributed by atoms with Crippen LogP contribution in [0.25, 0.3) is 0 Å². The highest BCUT2D eigenvalue weighted by Gasteiger charge is 2.27. The molecule has 1 fully saturated rings. The predicted octanol–water partition coefficient (Wildman–Crippen LogP) is 4.07. The van der Waals surface area contributed by atoms with Crippen LogP contribution in [0.1, 0.15) is 29.8 Å². The summed E-state index contributed by atoms with van der Waals surface area (Å²) in [5, 5.41) is 0.892. The van der Waals surface area contributed by atoms with E-state index < -0.39 is 10.0 Å². The number of nitrogens with zero attached hydrogens (tertiary/aromatic N) is 2. The fourth-order valence-corrected chi connectivity index (χ4v) is 4.92. The molecule has 6 nitrogen and oxygen atoms in total. The van der Waals surface area contributed by atoms with Gasteiger partial charge >= 0.3 is 0 Å². The summed E-state index contributed by atoms with van der Waals surface area (Å²) >= 11 is 12.1. The van der Waals surface area contributed by atoms with E-state index >= 15 is 0 Å². The lowest BCUT2D eigenvalue weighted by Gasteiger charge is -2.28. The number of halogens is 2. The van der Waals surface area contributed by atoms with Gasteiger partial charge in [0.25, 0.3) is 5.91 Å². The minimum Gasteiger partial charge on any atom is -0.379 e. The van der Waals surface area contributed by atoms with Gasteiger partial charge in [0.05, 0.1) is 28.2 Å². The molecule has 0 atom stereocenters. The van der Waals surface area contributed by atoms with Crippen LogP contribution >= 0.6 is 23.2 Å². The van der Waals surface area contributed by atoms with Crippen molar-refractivity contribution < 1.29 is 17.9 Å². The molecule has 0 unspecified atom stereocenters. The summed E-state index contributed by atoms with van der Waals surface area (Å²) in [6, 6.07) is 11.3. The molecule has 0 spiro atoms. The molecule has 2 aromatic rings. The van der Waals surface area contributed by atoms with Crippen LogP contribution < -0.4 is 0 Å². The van der Waals surface area contributed by atoms with E-state index in [1.165, 1.54) is 16.4 Å². The van der Waals surface area contributed by atoms with Crippen LogP contribution in [-0.4, -0.2) is 55.9 Å². The maximum atomic E-state index is 13.1. The van der Waals surface area contributed by atoms with Gasteiger partial charge in [-0.1, -0.05) is 29.3 Å². The molecule has 0 saturated carbocycles. The molecule has 162 valence electrons. The molecule has 9 heteroatoms. The van der Waals surface area contributed by atoms with Crippen molar-refractivity contribution >= 4 is 39.1 Å². The summed E-state index contributed by atoms with van der Waals surface area (Å²) in [4.78, 5) is 15.0. The Labute approximate surface area is 187 Å². The minimum atomic E-state index is -3.60. The summed E-state index contributed by atoms with van der Waals surface area (Å²) in [6.45, 7) is 5.63. The Hall–Kier alpha value is -1.64. The first-order valence-electron chi connectivity index (χ1n) is 9.63. The van der Waals surface area contributed by atoms with Gasteiger partial charge < -0.3 is 9.64 Å². The van der Waals surface area contributed by atoms with Gasteiger partial charge in [0.1, 0.15) is 0 Å². The lowest BCUT2D eigenvalue weighted by atomic mass is 10.1. The molecule has 1 saturated heterocycles. The number of hydrogen-bond acceptors (Lipinski definition) is 4. The van der Waals surface area contributed by atoms with Gasteiger partial charge in [-0.15, -0.1) is 0 Å². The van der Waals surface area contributed by atoms with Crippen molar-refractivity contribution in [3.05, 3.63) is 63.6 Å². The lowest BCUT2D eigenvalue weighted by molar-refractivity contribution is 0.0690. The Bertz CT molecular complexity index is 1000. The average Bonchev–Trinajstić information content (AvgIpc) is 2.74. The van der Waals surface area contributed by atoms with Gasteiger partial charge in [-0.25, -0.2) is 8.42 Å². The van der Waals surface area contributed by atoms with Crippen LogP contribution in [0.15, 0.2) is 47.4 Å². The maximum Gasteiger partial charge on any atom is 0.254 e. The molecule has 0 aliphatic carbocycles. The van der Waals surface area contributed by atoms with Crippen LogP contribution in [0.4, 0.5) is 0 Å². The third-order valence-electron chi connectivity index (χ3n) is 4.93. The Morgan fingerprint density at radius 1 is 1.07 bits per heavy atom. The number of ether oxygens (including phenoxy) is 1. The number of rotatable bonds is 6. The lowest BCUT2D eigenvalue weighted by Crippen LogP contribution is -2.40. The topological polar surface area (TPSA) is 66.9 Å². The minimum absolute atomic E-state index is 0.0660. The standard InChI is InChI=1S/C21H24Cl2N2O4S/c1-15(2)25(14-16-3-8-19(22)20(23)13-16)21(26)17-4-6-18(7-5-17)30(27,28)24-9-11-29-12-10-24/h3-8,13,15H,9-12,14H2,1-2H3. The largest absolute Gasteiger partial charge is 0.379 e. The third kappa shape index (κ3) is 5.15. The summed E-state index contributed by atoms with van der Waals surface area (Å²) in [5.74, 6) is -0.189. The quantitative estimate of drug-likeness (QED) is 0.637. The zero-order chi connectivity index (χ0) is 21.9. The first kappa shape index (κ1) is 23.0. The number of morpholine rings is 1. The molecular weight excluding hydrogens is 447 g/mol. The number of carbonyl (C=O) groups is 1. The van der Waals surface area contributed by atoms with Crippen LogP contribution in [0.5, 0.6) is 0 Å². The van der Waals surface area contributed by atoms with E-state index in [-0.39, 0.29) is 16.8 Å². The molecule has 30 heavy (non-hydrogen) atoms. The molecular formula is C21H24Cl2N2O4S. The zero-order valence-corrected chi connectivity index (χ0v) is 19.2. The van der Waals surface area contributed by atoms with Crippen molar-refractivity contribution in [3.8, 4) is 0 Å². The molecule has 2 aromatic carbocycles. The molecule has 0 bridgehead atoms. The monoisotopic (exact) mass is 470 g/mol. The van der Waals surface area contributed by atoms with Crippen molar-refractivity contribution in [2.45, 2.75) is 31.3 Å². The second-order valence-corrected chi connectivity index (χ2v) is 10.1. The molecule has 0 N–H and O–H groups in total.